The minimum Gasteiger partial charge on any atom is -0.480 e. The maximum Gasteiger partial charge on any atom is 0.316 e. The average Bonchev–Trinajstić information content (AvgIpc) is 2.28. The van der Waals surface area contributed by atoms with Crippen molar-refractivity contribution in [3.05, 3.63) is 0 Å². The molecular formula is C10H18O3S. The molecule has 0 aromatic rings. The van der Waals surface area contributed by atoms with E-state index in [4.69, 9.17) is 10.2 Å². The monoisotopic (exact) mass is 218 g/mol. The van der Waals surface area contributed by atoms with Crippen molar-refractivity contribution in [1.29, 1.82) is 0 Å². The molecule has 2 atom stereocenters. The van der Waals surface area contributed by atoms with Crippen molar-refractivity contribution in [3.8, 4) is 0 Å². The smallest absolute Gasteiger partial charge is 0.316 e. The Morgan fingerprint density at radius 3 is 2.43 bits per heavy atom. The Morgan fingerprint density at radius 1 is 1.21 bits per heavy atom. The Kier molecular flexibility index (Phi) is 5.33. The fraction of sp³-hybridized carbons (Fsp3) is 0.900. The molecule has 0 radical (unpaired) electrons. The first kappa shape index (κ1) is 11.9. The highest BCUT2D eigenvalue weighted by atomic mass is 32.2. The number of carboxylic acids is 1. The van der Waals surface area contributed by atoms with Gasteiger partial charge in [-0.25, -0.2) is 0 Å². The fourth-order valence-corrected chi connectivity index (χ4v) is 3.01. The van der Waals surface area contributed by atoms with Crippen LogP contribution in [0.2, 0.25) is 0 Å². The fourth-order valence-electron chi connectivity index (χ4n) is 1.74. The molecule has 2 N–H and O–H groups in total. The molecule has 0 amide bonds. The zero-order valence-electron chi connectivity index (χ0n) is 8.32. The number of rotatable bonds is 2. The Labute approximate surface area is 88.9 Å². The van der Waals surface area contributed by atoms with E-state index >= 15 is 0 Å². The lowest BCUT2D eigenvalue weighted by atomic mass is 10.1. The average molecular weight is 218 g/mol. The van der Waals surface area contributed by atoms with Gasteiger partial charge < -0.3 is 10.2 Å². The van der Waals surface area contributed by atoms with Gasteiger partial charge in [-0.05, 0) is 12.8 Å². The predicted octanol–water partition coefficient (Wildman–Crippen LogP) is 1.89. The Hall–Kier alpha value is -0.220. The normalized spacial score (nSPS) is 30.1. The van der Waals surface area contributed by atoms with Crippen LogP contribution in [-0.4, -0.2) is 33.3 Å². The summed E-state index contributed by atoms with van der Waals surface area (Å²) in [6, 6.07) is 0. The summed E-state index contributed by atoms with van der Waals surface area (Å²) >= 11 is 1.44. The summed E-state index contributed by atoms with van der Waals surface area (Å²) in [6.07, 6.45) is 6.11. The van der Waals surface area contributed by atoms with Gasteiger partial charge in [-0.2, -0.15) is 0 Å². The predicted molar refractivity (Wildman–Crippen MR) is 57.6 cm³/mol. The molecule has 1 saturated heterocycles. The highest BCUT2D eigenvalue weighted by molar-refractivity contribution is 8.01. The van der Waals surface area contributed by atoms with E-state index in [1.165, 1.54) is 18.2 Å². The minimum absolute atomic E-state index is 0.106. The van der Waals surface area contributed by atoms with Crippen molar-refractivity contribution in [2.24, 2.45) is 0 Å². The Bertz CT molecular complexity index is 184. The summed E-state index contributed by atoms with van der Waals surface area (Å²) in [5, 5.41) is 17.8. The summed E-state index contributed by atoms with van der Waals surface area (Å²) < 4.78 is 0. The van der Waals surface area contributed by atoms with Crippen molar-refractivity contribution in [2.75, 3.05) is 6.61 Å². The molecule has 0 spiro atoms. The van der Waals surface area contributed by atoms with Crippen molar-refractivity contribution >= 4 is 17.7 Å². The van der Waals surface area contributed by atoms with Crippen LogP contribution in [0.3, 0.4) is 0 Å². The zero-order valence-corrected chi connectivity index (χ0v) is 9.13. The number of hydrogen-bond donors (Lipinski definition) is 2. The van der Waals surface area contributed by atoms with E-state index in [-0.39, 0.29) is 17.1 Å². The molecule has 1 heterocycles. The van der Waals surface area contributed by atoms with Crippen LogP contribution < -0.4 is 0 Å². The van der Waals surface area contributed by atoms with E-state index in [1.54, 1.807) is 0 Å². The minimum atomic E-state index is -0.727. The van der Waals surface area contributed by atoms with Crippen LogP contribution in [0.15, 0.2) is 0 Å². The Morgan fingerprint density at radius 2 is 1.86 bits per heavy atom. The summed E-state index contributed by atoms with van der Waals surface area (Å²) in [5.74, 6) is -0.727. The van der Waals surface area contributed by atoms with E-state index in [1.807, 2.05) is 0 Å². The van der Waals surface area contributed by atoms with Gasteiger partial charge in [-0.1, -0.05) is 25.7 Å². The molecule has 0 aliphatic carbocycles. The summed E-state index contributed by atoms with van der Waals surface area (Å²) in [4.78, 5) is 10.9. The maximum atomic E-state index is 10.9. The van der Waals surface area contributed by atoms with Gasteiger partial charge in [0.2, 0.25) is 0 Å². The standard InChI is InChI=1S/C10H18O3S/c11-7-8-5-3-1-2-4-6-9(14-8)10(12)13/h8-9,11H,1-7H2,(H,12,13). The molecule has 82 valence electrons. The number of thioether (sulfide) groups is 1. The lowest BCUT2D eigenvalue weighted by Gasteiger charge is -2.17. The second-order valence-corrected chi connectivity index (χ2v) is 5.27. The third-order valence-corrected chi connectivity index (χ3v) is 4.11. The Balaban J connectivity index is 2.50. The van der Waals surface area contributed by atoms with Crippen LogP contribution in [0.5, 0.6) is 0 Å². The van der Waals surface area contributed by atoms with Crippen molar-refractivity contribution < 1.29 is 15.0 Å². The van der Waals surface area contributed by atoms with Crippen molar-refractivity contribution in [2.45, 2.75) is 49.0 Å². The first-order valence-corrected chi connectivity index (χ1v) is 6.17. The van der Waals surface area contributed by atoms with Crippen LogP contribution in [0.25, 0.3) is 0 Å². The van der Waals surface area contributed by atoms with Crippen molar-refractivity contribution in [3.63, 3.8) is 0 Å². The van der Waals surface area contributed by atoms with E-state index in [0.717, 1.165) is 32.1 Å². The molecule has 1 fully saturated rings. The highest BCUT2D eigenvalue weighted by Crippen LogP contribution is 2.28. The number of carboxylic acid groups (broad SMARTS) is 1. The number of aliphatic hydroxyl groups excluding tert-OH is 1. The number of aliphatic hydroxyl groups is 1. The first-order chi connectivity index (χ1) is 6.74. The first-order valence-electron chi connectivity index (χ1n) is 5.23. The molecule has 0 aromatic heterocycles. The van der Waals surface area contributed by atoms with E-state index in [0.29, 0.717) is 0 Å². The molecular weight excluding hydrogens is 200 g/mol. The molecule has 1 aliphatic heterocycles. The number of aliphatic carboxylic acids is 1. The molecule has 0 bridgehead atoms. The van der Waals surface area contributed by atoms with Gasteiger partial charge in [0.25, 0.3) is 0 Å². The lowest BCUT2D eigenvalue weighted by Crippen LogP contribution is -2.21. The van der Waals surface area contributed by atoms with Gasteiger partial charge in [0.05, 0.1) is 6.61 Å². The molecule has 14 heavy (non-hydrogen) atoms. The second-order valence-electron chi connectivity index (χ2n) is 3.76. The molecule has 0 aromatic carbocycles. The van der Waals surface area contributed by atoms with E-state index < -0.39 is 5.97 Å². The third-order valence-electron chi connectivity index (χ3n) is 2.58. The van der Waals surface area contributed by atoms with Crippen LogP contribution in [0.1, 0.15) is 38.5 Å². The largest absolute Gasteiger partial charge is 0.480 e. The zero-order chi connectivity index (χ0) is 10.4. The van der Waals surface area contributed by atoms with Crippen molar-refractivity contribution in [1.82, 2.24) is 0 Å². The quantitative estimate of drug-likeness (QED) is 0.743. The molecule has 2 unspecified atom stereocenters. The van der Waals surface area contributed by atoms with Crippen LogP contribution in [-0.2, 0) is 4.79 Å². The van der Waals surface area contributed by atoms with E-state index in [2.05, 4.69) is 0 Å². The molecule has 1 aliphatic rings. The van der Waals surface area contributed by atoms with Gasteiger partial charge in [0, 0.05) is 5.25 Å². The summed E-state index contributed by atoms with van der Waals surface area (Å²) in [5.41, 5.74) is 0. The number of hydrogen-bond acceptors (Lipinski definition) is 3. The van der Waals surface area contributed by atoms with Gasteiger partial charge in [0.15, 0.2) is 0 Å². The van der Waals surface area contributed by atoms with Crippen LogP contribution in [0.4, 0.5) is 0 Å². The van der Waals surface area contributed by atoms with Gasteiger partial charge in [-0.3, -0.25) is 4.79 Å². The molecule has 3 nitrogen and oxygen atoms in total. The molecule has 4 heteroatoms. The topological polar surface area (TPSA) is 57.5 Å². The van der Waals surface area contributed by atoms with Gasteiger partial charge in [0.1, 0.15) is 5.25 Å². The summed E-state index contributed by atoms with van der Waals surface area (Å²) in [6.45, 7) is 0.106. The van der Waals surface area contributed by atoms with Gasteiger partial charge >= 0.3 is 5.97 Å². The van der Waals surface area contributed by atoms with Crippen LogP contribution in [0, 0.1) is 0 Å². The third kappa shape index (κ3) is 3.88. The SMILES string of the molecule is O=C(O)C1CCCCCCC(CO)S1. The maximum absolute atomic E-state index is 10.9. The molecule has 0 saturated carbocycles. The van der Waals surface area contributed by atoms with E-state index in [9.17, 15) is 4.79 Å². The number of carbonyl (C=O) groups is 1. The second kappa shape index (κ2) is 6.30. The van der Waals surface area contributed by atoms with Crippen LogP contribution >= 0.6 is 11.8 Å². The van der Waals surface area contributed by atoms with Gasteiger partial charge in [-0.15, -0.1) is 11.8 Å². The molecule has 1 rings (SSSR count). The summed E-state index contributed by atoms with van der Waals surface area (Å²) in [7, 11) is 0. The highest BCUT2D eigenvalue weighted by Gasteiger charge is 2.23. The lowest BCUT2D eigenvalue weighted by molar-refractivity contribution is -0.136.